The Morgan fingerprint density at radius 2 is 1.92 bits per heavy atom. The lowest BCUT2D eigenvalue weighted by atomic mass is 10.2. The predicted octanol–water partition coefficient (Wildman–Crippen LogP) is 2.86. The maximum absolute atomic E-state index is 5.55. The van der Waals surface area contributed by atoms with Gasteiger partial charge in [0.2, 0.25) is 5.28 Å². The van der Waals surface area contributed by atoms with Gasteiger partial charge in [-0.1, -0.05) is 0 Å². The fourth-order valence-electron chi connectivity index (χ4n) is 0.890. The summed E-state index contributed by atoms with van der Waals surface area (Å²) in [6, 6.07) is 2.03. The highest BCUT2D eigenvalue weighted by Gasteiger charge is 1.98. The summed E-state index contributed by atoms with van der Waals surface area (Å²) < 4.78 is 0. The minimum absolute atomic E-state index is 0.286. The number of rotatable bonds is 1. The molecule has 2 nitrogen and oxygen atoms in total. The summed E-state index contributed by atoms with van der Waals surface area (Å²) in [4.78, 5) is 7.79. The van der Waals surface area contributed by atoms with Crippen LogP contribution in [0.2, 0.25) is 5.28 Å². The fourth-order valence-corrected chi connectivity index (χ4v) is 1.65. The molecular weight excluding hydrogens is 192 g/mol. The van der Waals surface area contributed by atoms with E-state index in [1.807, 2.05) is 16.8 Å². The van der Waals surface area contributed by atoms with Crippen LogP contribution in [0.4, 0.5) is 0 Å². The van der Waals surface area contributed by atoms with Crippen LogP contribution in [0, 0.1) is 0 Å². The smallest absolute Gasteiger partial charge is 0.222 e. The van der Waals surface area contributed by atoms with Gasteiger partial charge in [-0.3, -0.25) is 0 Å². The number of halogens is 1. The van der Waals surface area contributed by atoms with E-state index in [-0.39, 0.29) is 5.28 Å². The molecule has 2 aromatic rings. The van der Waals surface area contributed by atoms with Gasteiger partial charge < -0.3 is 0 Å². The van der Waals surface area contributed by atoms with E-state index < -0.39 is 0 Å². The van der Waals surface area contributed by atoms with Gasteiger partial charge in [0.15, 0.2) is 0 Å². The van der Waals surface area contributed by atoms with Crippen molar-refractivity contribution in [1.29, 1.82) is 0 Å². The standard InChI is InChI=1S/C8H5ClN2S/c9-8-10-3-7(4-11-8)6-1-2-12-5-6/h1-5H. The third-order valence-electron chi connectivity index (χ3n) is 1.47. The van der Waals surface area contributed by atoms with E-state index in [0.717, 1.165) is 11.1 Å². The monoisotopic (exact) mass is 196 g/mol. The zero-order valence-corrected chi connectivity index (χ0v) is 7.64. The first kappa shape index (κ1) is 7.71. The summed E-state index contributed by atoms with van der Waals surface area (Å²) in [5.74, 6) is 0. The van der Waals surface area contributed by atoms with Gasteiger partial charge in [-0.25, -0.2) is 9.97 Å². The van der Waals surface area contributed by atoms with Gasteiger partial charge in [-0.05, 0) is 34.0 Å². The number of hydrogen-bond donors (Lipinski definition) is 0. The summed E-state index contributed by atoms with van der Waals surface area (Å²) in [6.45, 7) is 0. The van der Waals surface area contributed by atoms with E-state index in [0.29, 0.717) is 0 Å². The molecule has 2 rings (SSSR count). The van der Waals surface area contributed by atoms with Crippen LogP contribution < -0.4 is 0 Å². The molecule has 2 heterocycles. The average molecular weight is 197 g/mol. The normalized spacial score (nSPS) is 10.1. The highest BCUT2D eigenvalue weighted by Crippen LogP contribution is 2.20. The van der Waals surface area contributed by atoms with Crippen molar-refractivity contribution in [2.45, 2.75) is 0 Å². The summed E-state index contributed by atoms with van der Waals surface area (Å²) in [6.07, 6.45) is 3.44. The van der Waals surface area contributed by atoms with Gasteiger partial charge in [-0.15, -0.1) is 0 Å². The molecular formula is C8H5ClN2S. The molecule has 0 aliphatic carbocycles. The molecule has 0 unspecified atom stereocenters. The second kappa shape index (κ2) is 3.21. The molecule has 0 aliphatic heterocycles. The molecule has 0 fully saturated rings. The molecule has 0 saturated heterocycles. The van der Waals surface area contributed by atoms with Crippen molar-refractivity contribution in [1.82, 2.24) is 9.97 Å². The Balaban J connectivity index is 2.43. The molecule has 0 N–H and O–H groups in total. The average Bonchev–Trinajstić information content (AvgIpc) is 2.58. The van der Waals surface area contributed by atoms with Crippen LogP contribution >= 0.6 is 22.9 Å². The Kier molecular flexibility index (Phi) is 2.06. The van der Waals surface area contributed by atoms with Gasteiger partial charge in [0.25, 0.3) is 0 Å². The Bertz CT molecular complexity index is 355. The predicted molar refractivity (Wildman–Crippen MR) is 50.4 cm³/mol. The molecule has 2 aromatic heterocycles. The van der Waals surface area contributed by atoms with E-state index in [2.05, 4.69) is 9.97 Å². The summed E-state index contributed by atoms with van der Waals surface area (Å²) in [7, 11) is 0. The molecule has 0 radical (unpaired) electrons. The topological polar surface area (TPSA) is 25.8 Å². The van der Waals surface area contributed by atoms with E-state index in [1.165, 1.54) is 0 Å². The molecule has 0 spiro atoms. The third kappa shape index (κ3) is 1.47. The van der Waals surface area contributed by atoms with Crippen molar-refractivity contribution in [3.05, 3.63) is 34.5 Å². The Hall–Kier alpha value is -0.930. The van der Waals surface area contributed by atoms with Crippen molar-refractivity contribution in [3.63, 3.8) is 0 Å². The van der Waals surface area contributed by atoms with Crippen LogP contribution in [0.1, 0.15) is 0 Å². The lowest BCUT2D eigenvalue weighted by molar-refractivity contribution is 1.17. The lowest BCUT2D eigenvalue weighted by Gasteiger charge is -1.94. The lowest BCUT2D eigenvalue weighted by Crippen LogP contribution is -1.81. The largest absolute Gasteiger partial charge is 0.226 e. The number of nitrogens with zero attached hydrogens (tertiary/aromatic N) is 2. The van der Waals surface area contributed by atoms with Crippen molar-refractivity contribution >= 4 is 22.9 Å². The van der Waals surface area contributed by atoms with Crippen LogP contribution in [-0.4, -0.2) is 9.97 Å². The van der Waals surface area contributed by atoms with Crippen LogP contribution in [0.3, 0.4) is 0 Å². The summed E-state index contributed by atoms with van der Waals surface area (Å²) in [5, 5.41) is 4.35. The van der Waals surface area contributed by atoms with Crippen LogP contribution in [0.15, 0.2) is 29.2 Å². The molecule has 0 atom stereocenters. The van der Waals surface area contributed by atoms with Crippen molar-refractivity contribution in [2.75, 3.05) is 0 Å². The molecule has 4 heteroatoms. The van der Waals surface area contributed by atoms with Crippen molar-refractivity contribution in [2.24, 2.45) is 0 Å². The quantitative estimate of drug-likeness (QED) is 0.656. The minimum atomic E-state index is 0.286. The highest BCUT2D eigenvalue weighted by atomic mass is 35.5. The molecule has 60 valence electrons. The van der Waals surface area contributed by atoms with Gasteiger partial charge in [0.05, 0.1) is 0 Å². The number of aromatic nitrogens is 2. The summed E-state index contributed by atoms with van der Waals surface area (Å²) >= 11 is 7.20. The second-order valence-corrected chi connectivity index (χ2v) is 3.37. The zero-order valence-electron chi connectivity index (χ0n) is 6.07. The van der Waals surface area contributed by atoms with Crippen LogP contribution in [-0.2, 0) is 0 Å². The van der Waals surface area contributed by atoms with Crippen molar-refractivity contribution < 1.29 is 0 Å². The maximum Gasteiger partial charge on any atom is 0.222 e. The first-order valence-electron chi connectivity index (χ1n) is 3.36. The number of thiophene rings is 1. The van der Waals surface area contributed by atoms with E-state index >= 15 is 0 Å². The van der Waals surface area contributed by atoms with Gasteiger partial charge >= 0.3 is 0 Å². The highest BCUT2D eigenvalue weighted by molar-refractivity contribution is 7.08. The molecule has 0 saturated carbocycles. The zero-order chi connectivity index (χ0) is 8.39. The maximum atomic E-state index is 5.55. The van der Waals surface area contributed by atoms with Crippen LogP contribution in [0.25, 0.3) is 11.1 Å². The van der Waals surface area contributed by atoms with Gasteiger partial charge in [0.1, 0.15) is 0 Å². The first-order valence-corrected chi connectivity index (χ1v) is 4.68. The van der Waals surface area contributed by atoms with Gasteiger partial charge in [-0.2, -0.15) is 11.3 Å². The van der Waals surface area contributed by atoms with E-state index in [1.54, 1.807) is 23.7 Å². The SMILES string of the molecule is Clc1ncc(-c2ccsc2)cn1. The van der Waals surface area contributed by atoms with Gasteiger partial charge in [0, 0.05) is 18.0 Å². The fraction of sp³-hybridized carbons (Fsp3) is 0. The molecule has 0 aliphatic rings. The van der Waals surface area contributed by atoms with E-state index in [4.69, 9.17) is 11.6 Å². The third-order valence-corrected chi connectivity index (χ3v) is 2.35. The number of hydrogen-bond acceptors (Lipinski definition) is 3. The first-order chi connectivity index (χ1) is 5.86. The second-order valence-electron chi connectivity index (χ2n) is 2.25. The molecule has 0 amide bonds. The summed E-state index contributed by atoms with van der Waals surface area (Å²) in [5.41, 5.74) is 2.14. The Labute approximate surface area is 78.9 Å². The Morgan fingerprint density at radius 3 is 2.50 bits per heavy atom. The molecule has 0 aromatic carbocycles. The molecule has 12 heavy (non-hydrogen) atoms. The minimum Gasteiger partial charge on any atom is -0.226 e. The van der Waals surface area contributed by atoms with E-state index in [9.17, 15) is 0 Å². The van der Waals surface area contributed by atoms with Crippen LogP contribution in [0.5, 0.6) is 0 Å². The van der Waals surface area contributed by atoms with Crippen molar-refractivity contribution in [3.8, 4) is 11.1 Å². The Morgan fingerprint density at radius 1 is 1.17 bits per heavy atom. The molecule has 0 bridgehead atoms.